The van der Waals surface area contributed by atoms with Crippen molar-refractivity contribution >= 4 is 51.8 Å². The molecule has 8 nitrogen and oxygen atoms in total. The number of aromatic nitrogens is 2. The van der Waals surface area contributed by atoms with E-state index in [9.17, 15) is 22.8 Å². The van der Waals surface area contributed by atoms with Gasteiger partial charge in [0.05, 0.1) is 21.6 Å². The Hall–Kier alpha value is -4.25. The molecular weight excluding hydrogens is 475 g/mol. The topological polar surface area (TPSA) is 108 Å². The maximum Gasteiger partial charge on any atom is 0.417 e. The van der Waals surface area contributed by atoms with Crippen LogP contribution in [0.3, 0.4) is 0 Å². The molecule has 34 heavy (non-hydrogen) atoms. The van der Waals surface area contributed by atoms with Gasteiger partial charge in [-0.2, -0.15) is 13.2 Å². The third kappa shape index (κ3) is 5.04. The molecule has 4 aromatic rings. The summed E-state index contributed by atoms with van der Waals surface area (Å²) in [6.45, 7) is 0. The van der Waals surface area contributed by atoms with Gasteiger partial charge >= 0.3 is 18.3 Å². The second-order valence-electron chi connectivity index (χ2n) is 7.07. The van der Waals surface area contributed by atoms with Gasteiger partial charge in [0.15, 0.2) is 0 Å². The zero-order valence-electron chi connectivity index (χ0n) is 17.0. The summed E-state index contributed by atoms with van der Waals surface area (Å²) in [5, 5.41) is 15.6. The number of imidazole rings is 1. The molecule has 0 atom stereocenters. The first kappa shape index (κ1) is 22.9. The van der Waals surface area contributed by atoms with Crippen LogP contribution in [0.5, 0.6) is 0 Å². The van der Waals surface area contributed by atoms with Crippen LogP contribution in [0.4, 0.5) is 39.8 Å². The highest BCUT2D eigenvalue weighted by atomic mass is 35.5. The number of urea groups is 1. The number of anilines is 3. The standard InChI is InChI=1S/C22H15ClF3N5O3/c23-17-7-3-13(9-16(17)22(24,25)26)29-20(32)28-12-1-5-15(6-2-12)31-11-27-18-8-4-14(10-19(18)31)30-21(33)34/h1-11,30H,(H,33,34)(H2,28,29,32). The summed E-state index contributed by atoms with van der Waals surface area (Å²) in [5.74, 6) is 0. The van der Waals surface area contributed by atoms with Crippen molar-refractivity contribution < 1.29 is 27.9 Å². The highest BCUT2D eigenvalue weighted by molar-refractivity contribution is 6.31. The first-order valence-electron chi connectivity index (χ1n) is 9.62. The quantitative estimate of drug-likeness (QED) is 0.265. The van der Waals surface area contributed by atoms with E-state index >= 15 is 0 Å². The molecule has 0 fully saturated rings. The van der Waals surface area contributed by atoms with Crippen LogP contribution in [0, 0.1) is 0 Å². The van der Waals surface area contributed by atoms with Crippen molar-refractivity contribution in [3.63, 3.8) is 0 Å². The Kier molecular flexibility index (Phi) is 6.03. The Bertz CT molecular complexity index is 1390. The average molecular weight is 490 g/mol. The zero-order chi connectivity index (χ0) is 24.5. The fourth-order valence-corrected chi connectivity index (χ4v) is 3.46. The molecule has 0 aliphatic heterocycles. The normalized spacial score (nSPS) is 11.3. The van der Waals surface area contributed by atoms with E-state index < -0.39 is 28.9 Å². The van der Waals surface area contributed by atoms with E-state index in [1.165, 1.54) is 6.07 Å². The van der Waals surface area contributed by atoms with E-state index in [2.05, 4.69) is 20.9 Å². The molecule has 1 aromatic heterocycles. The minimum atomic E-state index is -4.65. The average Bonchev–Trinajstić information content (AvgIpc) is 3.17. The lowest BCUT2D eigenvalue weighted by molar-refractivity contribution is -0.137. The minimum Gasteiger partial charge on any atom is -0.465 e. The van der Waals surface area contributed by atoms with E-state index in [1.807, 2.05) is 0 Å². The van der Waals surface area contributed by atoms with Crippen LogP contribution in [0.1, 0.15) is 5.56 Å². The third-order valence-electron chi connectivity index (χ3n) is 4.73. The molecule has 0 bridgehead atoms. The monoisotopic (exact) mass is 489 g/mol. The van der Waals surface area contributed by atoms with E-state index in [0.29, 0.717) is 28.1 Å². The van der Waals surface area contributed by atoms with Crippen molar-refractivity contribution in [2.24, 2.45) is 0 Å². The van der Waals surface area contributed by atoms with Gasteiger partial charge in [0, 0.05) is 22.7 Å². The molecule has 3 amide bonds. The van der Waals surface area contributed by atoms with Gasteiger partial charge in [-0.05, 0) is 60.7 Å². The molecule has 0 saturated carbocycles. The van der Waals surface area contributed by atoms with Crippen LogP contribution < -0.4 is 16.0 Å². The predicted octanol–water partition coefficient (Wildman–Crippen LogP) is 6.43. The molecule has 0 aliphatic carbocycles. The number of nitrogens with one attached hydrogen (secondary N) is 3. The summed E-state index contributed by atoms with van der Waals surface area (Å²) in [7, 11) is 0. The van der Waals surface area contributed by atoms with Crippen molar-refractivity contribution in [3.8, 4) is 5.69 Å². The number of amides is 3. The molecule has 0 radical (unpaired) electrons. The van der Waals surface area contributed by atoms with Gasteiger partial charge < -0.3 is 15.7 Å². The van der Waals surface area contributed by atoms with Crippen LogP contribution in [-0.2, 0) is 6.18 Å². The first-order chi connectivity index (χ1) is 16.1. The van der Waals surface area contributed by atoms with Gasteiger partial charge in [0.25, 0.3) is 0 Å². The Morgan fingerprint density at radius 1 is 0.882 bits per heavy atom. The molecule has 3 aromatic carbocycles. The second kappa shape index (κ2) is 8.94. The van der Waals surface area contributed by atoms with Gasteiger partial charge in [-0.25, -0.2) is 14.6 Å². The van der Waals surface area contributed by atoms with E-state index in [0.717, 1.165) is 12.1 Å². The number of benzene rings is 3. The van der Waals surface area contributed by atoms with Crippen LogP contribution in [0.25, 0.3) is 16.7 Å². The molecule has 4 N–H and O–H groups in total. The van der Waals surface area contributed by atoms with Gasteiger partial charge in [0.2, 0.25) is 0 Å². The van der Waals surface area contributed by atoms with E-state index in [4.69, 9.17) is 16.7 Å². The van der Waals surface area contributed by atoms with Crippen molar-refractivity contribution in [1.29, 1.82) is 0 Å². The zero-order valence-corrected chi connectivity index (χ0v) is 17.8. The highest BCUT2D eigenvalue weighted by Crippen LogP contribution is 2.36. The van der Waals surface area contributed by atoms with Gasteiger partial charge in [-0.3, -0.25) is 9.88 Å². The summed E-state index contributed by atoms with van der Waals surface area (Å²) in [5.41, 5.74) is 1.66. The second-order valence-corrected chi connectivity index (χ2v) is 7.47. The molecule has 0 aliphatic rings. The number of halogens is 4. The molecule has 174 valence electrons. The maximum absolute atomic E-state index is 13.0. The summed E-state index contributed by atoms with van der Waals surface area (Å²) in [6.07, 6.45) is -4.26. The summed E-state index contributed by atoms with van der Waals surface area (Å²) < 4.78 is 40.7. The molecule has 12 heteroatoms. The predicted molar refractivity (Wildman–Crippen MR) is 122 cm³/mol. The van der Waals surface area contributed by atoms with Crippen molar-refractivity contribution in [3.05, 3.63) is 77.6 Å². The molecule has 0 unspecified atom stereocenters. The van der Waals surface area contributed by atoms with Crippen LogP contribution in [-0.4, -0.2) is 26.8 Å². The van der Waals surface area contributed by atoms with Gasteiger partial charge in [0.1, 0.15) is 6.33 Å². The molecule has 0 saturated heterocycles. The number of alkyl halides is 3. The number of carboxylic acid groups (broad SMARTS) is 1. The molecular formula is C22H15ClF3N5O3. The van der Waals surface area contributed by atoms with Crippen molar-refractivity contribution in [2.75, 3.05) is 16.0 Å². The van der Waals surface area contributed by atoms with Gasteiger partial charge in [-0.1, -0.05) is 11.6 Å². The SMILES string of the molecule is O=C(O)Nc1ccc2ncn(-c3ccc(NC(=O)Nc4ccc(Cl)c(C(F)(F)F)c4)cc3)c2c1. The number of nitrogens with zero attached hydrogens (tertiary/aromatic N) is 2. The maximum atomic E-state index is 13.0. The number of fused-ring (bicyclic) bond motifs is 1. The fraction of sp³-hybridized carbons (Fsp3) is 0.0455. The van der Waals surface area contributed by atoms with E-state index in [-0.39, 0.29) is 5.69 Å². The number of carbonyl (C=O) groups excluding carboxylic acids is 1. The van der Waals surface area contributed by atoms with Crippen molar-refractivity contribution in [2.45, 2.75) is 6.18 Å². The largest absolute Gasteiger partial charge is 0.465 e. The number of rotatable bonds is 4. The van der Waals surface area contributed by atoms with E-state index in [1.54, 1.807) is 53.4 Å². The van der Waals surface area contributed by atoms with Gasteiger partial charge in [-0.15, -0.1) is 0 Å². The summed E-state index contributed by atoms with van der Waals surface area (Å²) in [6, 6.07) is 13.8. The Labute approximate surface area is 195 Å². The smallest absolute Gasteiger partial charge is 0.417 e. The van der Waals surface area contributed by atoms with Crippen molar-refractivity contribution in [1.82, 2.24) is 9.55 Å². The lowest BCUT2D eigenvalue weighted by Gasteiger charge is -2.12. The molecule has 0 spiro atoms. The number of hydrogen-bond acceptors (Lipinski definition) is 3. The molecule has 4 rings (SSSR count). The Morgan fingerprint density at radius 3 is 2.18 bits per heavy atom. The molecule has 1 heterocycles. The summed E-state index contributed by atoms with van der Waals surface area (Å²) in [4.78, 5) is 27.4. The lowest BCUT2D eigenvalue weighted by Crippen LogP contribution is -2.20. The lowest BCUT2D eigenvalue weighted by atomic mass is 10.2. The first-order valence-corrected chi connectivity index (χ1v) is 10.0. The Morgan fingerprint density at radius 2 is 1.50 bits per heavy atom. The van der Waals surface area contributed by atoms with Crippen LogP contribution in [0.15, 0.2) is 67.0 Å². The summed E-state index contributed by atoms with van der Waals surface area (Å²) >= 11 is 5.59. The van der Waals surface area contributed by atoms with Crippen LogP contribution in [0.2, 0.25) is 5.02 Å². The third-order valence-corrected chi connectivity index (χ3v) is 5.06. The number of carbonyl (C=O) groups is 2. The highest BCUT2D eigenvalue weighted by Gasteiger charge is 2.33. The fourth-order valence-electron chi connectivity index (χ4n) is 3.23. The van der Waals surface area contributed by atoms with Crippen LogP contribution >= 0.6 is 11.6 Å². The Balaban J connectivity index is 1.48. The number of hydrogen-bond donors (Lipinski definition) is 4. The minimum absolute atomic E-state index is 0.0681.